The van der Waals surface area contributed by atoms with Gasteiger partial charge in [-0.1, -0.05) is 0 Å². The maximum Gasteiger partial charge on any atom is 0.322 e. The summed E-state index contributed by atoms with van der Waals surface area (Å²) in [4.78, 5) is 22.1. The summed E-state index contributed by atoms with van der Waals surface area (Å²) < 4.78 is 10.0. The summed E-state index contributed by atoms with van der Waals surface area (Å²) >= 11 is 0. The van der Waals surface area contributed by atoms with Crippen LogP contribution in [-0.4, -0.2) is 62.5 Å². The number of rotatable bonds is 11. The Morgan fingerprint density at radius 1 is 1.16 bits per heavy atom. The highest BCUT2D eigenvalue weighted by molar-refractivity contribution is 5.81. The van der Waals surface area contributed by atoms with Crippen molar-refractivity contribution in [2.45, 2.75) is 25.9 Å². The summed E-state index contributed by atoms with van der Waals surface area (Å²) in [5.74, 6) is -1.36. The predicted molar refractivity (Wildman–Crippen MR) is 68.5 cm³/mol. The SMILES string of the molecule is COCCOCCN[C@@H](C)C(=O)NN[C@@H](C)C(=O)O. The van der Waals surface area contributed by atoms with E-state index in [1.54, 1.807) is 14.0 Å². The number of ether oxygens (including phenoxy) is 2. The number of methoxy groups -OCH3 is 1. The van der Waals surface area contributed by atoms with Crippen LogP contribution < -0.4 is 16.2 Å². The second-order valence-electron chi connectivity index (χ2n) is 3.97. The van der Waals surface area contributed by atoms with Crippen LogP contribution >= 0.6 is 0 Å². The molecule has 0 saturated carbocycles. The van der Waals surface area contributed by atoms with Crippen molar-refractivity contribution in [1.82, 2.24) is 16.2 Å². The van der Waals surface area contributed by atoms with Crippen molar-refractivity contribution in [2.75, 3.05) is 33.5 Å². The van der Waals surface area contributed by atoms with E-state index in [0.717, 1.165) is 0 Å². The molecule has 0 heterocycles. The predicted octanol–water partition coefficient (Wildman–Crippen LogP) is -1.28. The summed E-state index contributed by atoms with van der Waals surface area (Å²) in [6.07, 6.45) is 0. The fourth-order valence-electron chi connectivity index (χ4n) is 1.03. The molecule has 2 atom stereocenters. The molecule has 0 radical (unpaired) electrons. The Hall–Kier alpha value is -1.22. The minimum absolute atomic E-state index is 0.329. The number of carbonyl (C=O) groups excluding carboxylic acids is 1. The van der Waals surface area contributed by atoms with Gasteiger partial charge in [0.1, 0.15) is 6.04 Å². The lowest BCUT2D eigenvalue weighted by Crippen LogP contribution is -2.52. The third kappa shape index (κ3) is 9.37. The van der Waals surface area contributed by atoms with Crippen LogP contribution in [0.15, 0.2) is 0 Å². The average Bonchev–Trinajstić information content (AvgIpc) is 2.38. The molecule has 0 aromatic rings. The largest absolute Gasteiger partial charge is 0.480 e. The van der Waals surface area contributed by atoms with E-state index < -0.39 is 18.1 Å². The number of nitrogens with one attached hydrogen (secondary N) is 3. The quantitative estimate of drug-likeness (QED) is 0.275. The lowest BCUT2D eigenvalue weighted by Gasteiger charge is -2.16. The number of hydrazine groups is 1. The molecule has 0 unspecified atom stereocenters. The lowest BCUT2D eigenvalue weighted by molar-refractivity contribution is -0.139. The van der Waals surface area contributed by atoms with Gasteiger partial charge in [-0.25, -0.2) is 5.43 Å². The Kier molecular flexibility index (Phi) is 9.99. The Bertz CT molecular complexity index is 275. The minimum atomic E-state index is -1.03. The molecule has 0 bridgehead atoms. The fraction of sp³-hybridized carbons (Fsp3) is 0.818. The maximum absolute atomic E-state index is 11.5. The zero-order chi connectivity index (χ0) is 14.7. The van der Waals surface area contributed by atoms with Gasteiger partial charge in [-0.2, -0.15) is 0 Å². The first-order chi connectivity index (χ1) is 8.99. The fourth-order valence-corrected chi connectivity index (χ4v) is 1.03. The summed E-state index contributed by atoms with van der Waals surface area (Å²) in [6, 6.07) is -1.28. The van der Waals surface area contributed by atoms with E-state index in [1.165, 1.54) is 6.92 Å². The molecule has 112 valence electrons. The van der Waals surface area contributed by atoms with Gasteiger partial charge >= 0.3 is 5.97 Å². The molecule has 0 aliphatic heterocycles. The van der Waals surface area contributed by atoms with Gasteiger partial charge in [0.05, 0.1) is 25.9 Å². The lowest BCUT2D eigenvalue weighted by atomic mass is 10.3. The van der Waals surface area contributed by atoms with E-state index in [-0.39, 0.29) is 5.91 Å². The van der Waals surface area contributed by atoms with E-state index in [9.17, 15) is 9.59 Å². The number of carboxylic acids is 1. The molecule has 0 saturated heterocycles. The highest BCUT2D eigenvalue weighted by Gasteiger charge is 2.15. The Labute approximate surface area is 112 Å². The molecular weight excluding hydrogens is 254 g/mol. The van der Waals surface area contributed by atoms with Crippen LogP contribution in [0.5, 0.6) is 0 Å². The van der Waals surface area contributed by atoms with Gasteiger partial charge in [0, 0.05) is 13.7 Å². The van der Waals surface area contributed by atoms with Crippen LogP contribution in [-0.2, 0) is 19.1 Å². The van der Waals surface area contributed by atoms with Crippen molar-refractivity contribution in [1.29, 1.82) is 0 Å². The first-order valence-electron chi connectivity index (χ1n) is 6.07. The van der Waals surface area contributed by atoms with Crippen molar-refractivity contribution in [3.63, 3.8) is 0 Å². The smallest absolute Gasteiger partial charge is 0.322 e. The van der Waals surface area contributed by atoms with Gasteiger partial charge in [-0.3, -0.25) is 15.0 Å². The molecule has 0 aliphatic rings. The Morgan fingerprint density at radius 3 is 2.42 bits per heavy atom. The number of carbonyl (C=O) groups is 2. The molecule has 1 amide bonds. The molecule has 8 nitrogen and oxygen atoms in total. The zero-order valence-corrected chi connectivity index (χ0v) is 11.6. The van der Waals surface area contributed by atoms with Gasteiger partial charge in [0.2, 0.25) is 0 Å². The summed E-state index contributed by atoms with van der Waals surface area (Å²) in [5, 5.41) is 11.6. The number of carboxylic acid groups (broad SMARTS) is 1. The van der Waals surface area contributed by atoms with E-state index >= 15 is 0 Å². The minimum Gasteiger partial charge on any atom is -0.480 e. The summed E-state index contributed by atoms with van der Waals surface area (Å²) in [6.45, 7) is 5.15. The summed E-state index contributed by atoms with van der Waals surface area (Å²) in [7, 11) is 1.60. The Morgan fingerprint density at radius 2 is 1.84 bits per heavy atom. The number of hydrogen-bond acceptors (Lipinski definition) is 6. The monoisotopic (exact) mass is 277 g/mol. The van der Waals surface area contributed by atoms with Crippen LogP contribution in [0.1, 0.15) is 13.8 Å². The zero-order valence-electron chi connectivity index (χ0n) is 11.6. The maximum atomic E-state index is 11.5. The normalized spacial score (nSPS) is 13.8. The van der Waals surface area contributed by atoms with Gasteiger partial charge in [-0.15, -0.1) is 0 Å². The van der Waals surface area contributed by atoms with Gasteiger partial charge in [0.25, 0.3) is 5.91 Å². The molecule has 0 aliphatic carbocycles. The van der Waals surface area contributed by atoms with E-state index in [4.69, 9.17) is 14.6 Å². The topological polar surface area (TPSA) is 109 Å². The average molecular weight is 277 g/mol. The highest BCUT2D eigenvalue weighted by atomic mass is 16.5. The van der Waals surface area contributed by atoms with Crippen LogP contribution in [0.25, 0.3) is 0 Å². The molecule has 0 spiro atoms. The standard InChI is InChI=1S/C11H23N3O5/c1-8(12-4-5-19-7-6-18-3)10(15)14-13-9(2)11(16)17/h8-9,12-13H,4-7H2,1-3H3,(H,14,15)(H,16,17)/t8-,9-/m0/s1. The molecule has 0 aromatic heterocycles. The van der Waals surface area contributed by atoms with Crippen LogP contribution in [0.2, 0.25) is 0 Å². The summed E-state index contributed by atoms with van der Waals surface area (Å²) in [5.41, 5.74) is 4.73. The number of hydrogen-bond donors (Lipinski definition) is 4. The van der Waals surface area contributed by atoms with Gasteiger partial charge < -0.3 is 19.9 Å². The second-order valence-corrected chi connectivity index (χ2v) is 3.97. The molecule has 19 heavy (non-hydrogen) atoms. The third-order valence-corrected chi connectivity index (χ3v) is 2.30. The molecule has 4 N–H and O–H groups in total. The van der Waals surface area contributed by atoms with Crippen molar-refractivity contribution in [3.8, 4) is 0 Å². The van der Waals surface area contributed by atoms with Crippen LogP contribution in [0.3, 0.4) is 0 Å². The Balaban J connectivity index is 3.62. The van der Waals surface area contributed by atoms with Crippen LogP contribution in [0.4, 0.5) is 0 Å². The molecule has 8 heteroatoms. The van der Waals surface area contributed by atoms with Crippen molar-refractivity contribution >= 4 is 11.9 Å². The first kappa shape index (κ1) is 17.8. The van der Waals surface area contributed by atoms with E-state index in [0.29, 0.717) is 26.4 Å². The number of aliphatic carboxylic acids is 1. The first-order valence-corrected chi connectivity index (χ1v) is 6.07. The molecule has 0 aromatic carbocycles. The van der Waals surface area contributed by atoms with Gasteiger partial charge in [0.15, 0.2) is 0 Å². The van der Waals surface area contributed by atoms with Crippen molar-refractivity contribution in [3.05, 3.63) is 0 Å². The third-order valence-electron chi connectivity index (χ3n) is 2.30. The van der Waals surface area contributed by atoms with Gasteiger partial charge in [-0.05, 0) is 13.8 Å². The van der Waals surface area contributed by atoms with E-state index in [1.807, 2.05) is 0 Å². The van der Waals surface area contributed by atoms with Crippen LogP contribution in [0, 0.1) is 0 Å². The molecular formula is C11H23N3O5. The second kappa shape index (κ2) is 10.7. The highest BCUT2D eigenvalue weighted by Crippen LogP contribution is 1.83. The molecule has 0 rings (SSSR count). The van der Waals surface area contributed by atoms with E-state index in [2.05, 4.69) is 16.2 Å². The molecule has 0 fully saturated rings. The van der Waals surface area contributed by atoms with Crippen molar-refractivity contribution in [2.24, 2.45) is 0 Å². The number of amides is 1. The van der Waals surface area contributed by atoms with Crippen molar-refractivity contribution < 1.29 is 24.2 Å².